The molecule has 0 atom stereocenters. The van der Waals surface area contributed by atoms with E-state index in [4.69, 9.17) is 9.84 Å². The number of hydrogen-bond donors (Lipinski definition) is 2. The van der Waals surface area contributed by atoms with Crippen molar-refractivity contribution in [3.63, 3.8) is 0 Å². The van der Waals surface area contributed by atoms with Gasteiger partial charge in [0.15, 0.2) is 17.2 Å². The molecule has 19 heavy (non-hydrogen) atoms. The van der Waals surface area contributed by atoms with Gasteiger partial charge in [-0.15, -0.1) is 0 Å². The van der Waals surface area contributed by atoms with Crippen molar-refractivity contribution < 1.29 is 24.1 Å². The maximum Gasteiger partial charge on any atom is 0.356 e. The minimum absolute atomic E-state index is 0.0921. The molecule has 0 aliphatic carbocycles. The van der Waals surface area contributed by atoms with E-state index in [-0.39, 0.29) is 22.7 Å². The number of aryl methyl sites for hydroxylation is 1. The number of phenolic OH excluding ortho intramolecular Hbond substituents is 1. The summed E-state index contributed by atoms with van der Waals surface area (Å²) in [6.45, 7) is 0. The van der Waals surface area contributed by atoms with Crippen LogP contribution >= 0.6 is 0 Å². The Balaban J connectivity index is 2.68. The second-order valence-electron chi connectivity index (χ2n) is 3.82. The van der Waals surface area contributed by atoms with Gasteiger partial charge in [0.2, 0.25) is 0 Å². The summed E-state index contributed by atoms with van der Waals surface area (Å²) in [6, 6.07) is 3.59. The molecule has 1 heterocycles. The molecule has 0 saturated carbocycles. The molecule has 0 bridgehead atoms. The van der Waals surface area contributed by atoms with Gasteiger partial charge < -0.3 is 14.9 Å². The van der Waals surface area contributed by atoms with Gasteiger partial charge in [0.1, 0.15) is 5.82 Å². The predicted octanol–water partition coefficient (Wildman–Crippen LogP) is 1.64. The maximum atomic E-state index is 13.8. The molecule has 0 aliphatic rings. The Kier molecular flexibility index (Phi) is 3.12. The lowest BCUT2D eigenvalue weighted by Gasteiger charge is -2.09. The van der Waals surface area contributed by atoms with Gasteiger partial charge in [-0.05, 0) is 18.2 Å². The number of aromatic carboxylic acids is 1. The van der Waals surface area contributed by atoms with Gasteiger partial charge in [0.05, 0.1) is 18.4 Å². The second-order valence-corrected chi connectivity index (χ2v) is 3.82. The van der Waals surface area contributed by atoms with Crippen LogP contribution in [-0.4, -0.2) is 33.1 Å². The van der Waals surface area contributed by atoms with Crippen molar-refractivity contribution in [3.8, 4) is 22.8 Å². The van der Waals surface area contributed by atoms with Crippen molar-refractivity contribution in [2.75, 3.05) is 7.11 Å². The first kappa shape index (κ1) is 12.9. The molecule has 0 saturated heterocycles. The summed E-state index contributed by atoms with van der Waals surface area (Å²) >= 11 is 0. The van der Waals surface area contributed by atoms with E-state index in [1.807, 2.05) is 0 Å². The SMILES string of the molecule is COc1ccc(F)c(-c2cc(C(=O)O)nn2C)c1O. The number of methoxy groups -OCH3 is 1. The summed E-state index contributed by atoms with van der Waals surface area (Å²) in [5, 5.41) is 22.5. The second kappa shape index (κ2) is 4.60. The highest BCUT2D eigenvalue weighted by atomic mass is 19.1. The van der Waals surface area contributed by atoms with Gasteiger partial charge in [0.25, 0.3) is 0 Å². The molecule has 0 amide bonds. The number of phenols is 1. The lowest BCUT2D eigenvalue weighted by molar-refractivity contribution is 0.0689. The van der Waals surface area contributed by atoms with Crippen molar-refractivity contribution in [3.05, 3.63) is 29.7 Å². The smallest absolute Gasteiger partial charge is 0.356 e. The van der Waals surface area contributed by atoms with Gasteiger partial charge in [-0.2, -0.15) is 5.10 Å². The number of benzene rings is 1. The number of ether oxygens (including phenoxy) is 1. The van der Waals surface area contributed by atoms with Crippen LogP contribution in [0.25, 0.3) is 11.3 Å². The molecule has 0 fully saturated rings. The Morgan fingerprint density at radius 1 is 1.47 bits per heavy atom. The van der Waals surface area contributed by atoms with Crippen LogP contribution in [0.15, 0.2) is 18.2 Å². The summed E-state index contributed by atoms with van der Waals surface area (Å²) in [5.74, 6) is -2.24. The summed E-state index contributed by atoms with van der Waals surface area (Å²) < 4.78 is 19.9. The van der Waals surface area contributed by atoms with E-state index in [0.717, 1.165) is 6.07 Å². The van der Waals surface area contributed by atoms with Crippen molar-refractivity contribution in [2.24, 2.45) is 7.05 Å². The topological polar surface area (TPSA) is 84.6 Å². The van der Waals surface area contributed by atoms with Crippen LogP contribution in [0, 0.1) is 5.82 Å². The third-order valence-electron chi connectivity index (χ3n) is 2.67. The number of carbonyl (C=O) groups is 1. The van der Waals surface area contributed by atoms with E-state index >= 15 is 0 Å². The summed E-state index contributed by atoms with van der Waals surface area (Å²) in [4.78, 5) is 10.8. The Morgan fingerprint density at radius 3 is 2.68 bits per heavy atom. The zero-order chi connectivity index (χ0) is 14.2. The molecule has 6 nitrogen and oxygen atoms in total. The van der Waals surface area contributed by atoms with Gasteiger partial charge >= 0.3 is 5.97 Å². The first-order valence-corrected chi connectivity index (χ1v) is 5.29. The molecule has 100 valence electrons. The van der Waals surface area contributed by atoms with E-state index in [1.165, 1.54) is 31.0 Å². The van der Waals surface area contributed by atoms with Crippen molar-refractivity contribution >= 4 is 5.97 Å². The van der Waals surface area contributed by atoms with E-state index in [9.17, 15) is 14.3 Å². The van der Waals surface area contributed by atoms with Crippen LogP contribution in [0.5, 0.6) is 11.5 Å². The molecular weight excluding hydrogens is 255 g/mol. The van der Waals surface area contributed by atoms with E-state index < -0.39 is 17.5 Å². The third kappa shape index (κ3) is 2.10. The molecule has 1 aromatic heterocycles. The Bertz CT molecular complexity index is 651. The van der Waals surface area contributed by atoms with Crippen LogP contribution in [0.1, 0.15) is 10.5 Å². The molecule has 0 radical (unpaired) electrons. The van der Waals surface area contributed by atoms with Crippen LogP contribution in [0.4, 0.5) is 4.39 Å². The van der Waals surface area contributed by atoms with E-state index in [0.29, 0.717) is 0 Å². The monoisotopic (exact) mass is 266 g/mol. The van der Waals surface area contributed by atoms with Gasteiger partial charge in [-0.25, -0.2) is 9.18 Å². The minimum Gasteiger partial charge on any atom is -0.504 e. The predicted molar refractivity (Wildman–Crippen MR) is 63.8 cm³/mol. The lowest BCUT2D eigenvalue weighted by Crippen LogP contribution is -2.00. The normalized spacial score (nSPS) is 10.5. The summed E-state index contributed by atoms with van der Waals surface area (Å²) in [6.07, 6.45) is 0. The minimum atomic E-state index is -1.23. The van der Waals surface area contributed by atoms with Gasteiger partial charge in [-0.1, -0.05) is 0 Å². The summed E-state index contributed by atoms with van der Waals surface area (Å²) in [7, 11) is 2.79. The van der Waals surface area contributed by atoms with Crippen LogP contribution < -0.4 is 4.74 Å². The zero-order valence-electron chi connectivity index (χ0n) is 10.2. The van der Waals surface area contributed by atoms with Crippen molar-refractivity contribution in [2.45, 2.75) is 0 Å². The Hall–Kier alpha value is -2.57. The van der Waals surface area contributed by atoms with Crippen molar-refractivity contribution in [1.82, 2.24) is 9.78 Å². The molecule has 2 aromatic rings. The molecule has 0 spiro atoms. The number of carboxylic acid groups (broad SMARTS) is 1. The highest BCUT2D eigenvalue weighted by molar-refractivity contribution is 5.87. The highest BCUT2D eigenvalue weighted by Crippen LogP contribution is 2.38. The summed E-state index contributed by atoms with van der Waals surface area (Å²) in [5.41, 5.74) is -0.243. The number of hydrogen-bond acceptors (Lipinski definition) is 4. The van der Waals surface area contributed by atoms with Gasteiger partial charge in [0, 0.05) is 7.05 Å². The number of aromatic nitrogens is 2. The molecule has 2 rings (SSSR count). The van der Waals surface area contributed by atoms with Gasteiger partial charge in [-0.3, -0.25) is 4.68 Å². The highest BCUT2D eigenvalue weighted by Gasteiger charge is 2.21. The number of halogens is 1. The molecule has 2 N–H and O–H groups in total. The molecule has 0 aliphatic heterocycles. The number of rotatable bonds is 3. The number of aromatic hydroxyl groups is 1. The van der Waals surface area contributed by atoms with E-state index in [2.05, 4.69) is 5.10 Å². The quantitative estimate of drug-likeness (QED) is 0.882. The Labute approximate surface area is 107 Å². The molecular formula is C12H11FN2O4. The molecule has 7 heteroatoms. The first-order chi connectivity index (χ1) is 8.95. The van der Waals surface area contributed by atoms with Crippen LogP contribution in [0.2, 0.25) is 0 Å². The largest absolute Gasteiger partial charge is 0.504 e. The third-order valence-corrected chi connectivity index (χ3v) is 2.67. The fourth-order valence-electron chi connectivity index (χ4n) is 1.76. The van der Waals surface area contributed by atoms with E-state index in [1.54, 1.807) is 0 Å². The zero-order valence-corrected chi connectivity index (χ0v) is 10.2. The average molecular weight is 266 g/mol. The average Bonchev–Trinajstić information content (AvgIpc) is 2.72. The lowest BCUT2D eigenvalue weighted by atomic mass is 10.1. The van der Waals surface area contributed by atoms with Crippen LogP contribution in [-0.2, 0) is 7.05 Å². The van der Waals surface area contributed by atoms with Crippen LogP contribution in [0.3, 0.4) is 0 Å². The Morgan fingerprint density at radius 2 is 2.16 bits per heavy atom. The molecule has 0 unspecified atom stereocenters. The fourth-order valence-corrected chi connectivity index (χ4v) is 1.76. The standard InChI is InChI=1S/C12H11FN2O4/c1-15-8(5-7(14-15)12(17)18)10-6(13)3-4-9(19-2)11(10)16/h3-5,16H,1-2H3,(H,17,18). The first-order valence-electron chi connectivity index (χ1n) is 5.29. The van der Waals surface area contributed by atoms with Crippen molar-refractivity contribution in [1.29, 1.82) is 0 Å². The fraction of sp³-hybridized carbons (Fsp3) is 0.167. The number of nitrogens with zero attached hydrogens (tertiary/aromatic N) is 2. The molecule has 1 aromatic carbocycles. The maximum absolute atomic E-state index is 13.8. The number of carboxylic acids is 1.